The van der Waals surface area contributed by atoms with Crippen LogP contribution < -0.4 is 0 Å². The Morgan fingerprint density at radius 2 is 2.07 bits per heavy atom. The van der Waals surface area contributed by atoms with Gasteiger partial charge in [-0.1, -0.05) is 6.92 Å². The van der Waals surface area contributed by atoms with Gasteiger partial charge in [0.2, 0.25) is 0 Å². The number of hydrogen-bond acceptors (Lipinski definition) is 3. The van der Waals surface area contributed by atoms with E-state index in [0.717, 1.165) is 17.8 Å². The van der Waals surface area contributed by atoms with E-state index in [1.807, 2.05) is 17.8 Å². The Bertz CT molecular complexity index is 280. The topological polar surface area (TPSA) is 58.3 Å². The van der Waals surface area contributed by atoms with Crippen molar-refractivity contribution in [3.63, 3.8) is 0 Å². The smallest absolute Gasteiger partial charge is 0.0624 e. The molecule has 0 amide bonds. The van der Waals surface area contributed by atoms with Crippen LogP contribution in [0.4, 0.5) is 0 Å². The van der Waals surface area contributed by atoms with E-state index in [4.69, 9.17) is 10.2 Å². The average molecular weight is 198 g/mol. The van der Waals surface area contributed by atoms with Crippen molar-refractivity contribution in [2.24, 2.45) is 13.0 Å². The second-order valence-corrected chi connectivity index (χ2v) is 3.54. The summed E-state index contributed by atoms with van der Waals surface area (Å²) >= 11 is 0. The molecule has 80 valence electrons. The minimum Gasteiger partial charge on any atom is -0.396 e. The van der Waals surface area contributed by atoms with E-state index in [9.17, 15) is 0 Å². The summed E-state index contributed by atoms with van der Waals surface area (Å²) in [6.45, 7) is 2.09. The zero-order valence-electron chi connectivity index (χ0n) is 8.77. The van der Waals surface area contributed by atoms with Crippen LogP contribution in [0.1, 0.15) is 18.3 Å². The highest BCUT2D eigenvalue weighted by Gasteiger charge is 2.11. The summed E-state index contributed by atoms with van der Waals surface area (Å²) in [5.74, 6) is -0.0740. The van der Waals surface area contributed by atoms with Gasteiger partial charge in [0.05, 0.1) is 5.69 Å². The van der Waals surface area contributed by atoms with Crippen molar-refractivity contribution in [3.8, 4) is 0 Å². The van der Waals surface area contributed by atoms with Crippen LogP contribution in [0.5, 0.6) is 0 Å². The number of aliphatic hydroxyl groups is 2. The Kier molecular flexibility index (Phi) is 4.10. The lowest BCUT2D eigenvalue weighted by molar-refractivity contribution is 0.148. The molecule has 1 aromatic rings. The molecule has 2 N–H and O–H groups in total. The maximum atomic E-state index is 8.95. The number of aryl methyl sites for hydroxylation is 2. The molecule has 0 bridgehead atoms. The first-order chi connectivity index (χ1) is 6.71. The molecule has 0 aliphatic carbocycles. The van der Waals surface area contributed by atoms with E-state index >= 15 is 0 Å². The molecule has 1 heterocycles. The summed E-state index contributed by atoms with van der Waals surface area (Å²) in [5.41, 5.74) is 2.12. The zero-order valence-corrected chi connectivity index (χ0v) is 8.77. The van der Waals surface area contributed by atoms with Crippen LogP contribution in [0.3, 0.4) is 0 Å². The molecule has 1 aromatic heterocycles. The minimum absolute atomic E-state index is 0.0170. The van der Waals surface area contributed by atoms with Gasteiger partial charge >= 0.3 is 0 Å². The predicted molar refractivity (Wildman–Crippen MR) is 54.0 cm³/mol. The lowest BCUT2D eigenvalue weighted by Crippen LogP contribution is -2.15. The molecule has 14 heavy (non-hydrogen) atoms. The SMILES string of the molecule is CCc1cc(CC(CO)CO)n(C)n1. The molecule has 0 saturated heterocycles. The van der Waals surface area contributed by atoms with Crippen LogP contribution in [0.25, 0.3) is 0 Å². The lowest BCUT2D eigenvalue weighted by atomic mass is 10.1. The van der Waals surface area contributed by atoms with Crippen LogP contribution in [0, 0.1) is 5.92 Å². The number of nitrogens with zero attached hydrogens (tertiary/aromatic N) is 2. The highest BCUT2D eigenvalue weighted by atomic mass is 16.3. The third-order valence-corrected chi connectivity index (χ3v) is 2.40. The second kappa shape index (κ2) is 5.12. The largest absolute Gasteiger partial charge is 0.396 e. The van der Waals surface area contributed by atoms with E-state index in [2.05, 4.69) is 12.0 Å². The zero-order chi connectivity index (χ0) is 10.6. The fraction of sp³-hybridized carbons (Fsp3) is 0.700. The van der Waals surface area contributed by atoms with Crippen molar-refractivity contribution in [1.82, 2.24) is 9.78 Å². The summed E-state index contributed by atoms with van der Waals surface area (Å²) in [6, 6.07) is 2.03. The molecule has 4 heteroatoms. The van der Waals surface area contributed by atoms with Gasteiger partial charge in [-0.05, 0) is 18.9 Å². The molecular formula is C10H18N2O2. The Hall–Kier alpha value is -0.870. The first-order valence-corrected chi connectivity index (χ1v) is 4.94. The molecule has 0 unspecified atom stereocenters. The molecule has 0 aliphatic heterocycles. The van der Waals surface area contributed by atoms with E-state index < -0.39 is 0 Å². The van der Waals surface area contributed by atoms with Crippen LogP contribution >= 0.6 is 0 Å². The predicted octanol–water partition coefficient (Wildman–Crippen LogP) is 0.126. The Labute approximate surface area is 84.2 Å². The van der Waals surface area contributed by atoms with Gasteiger partial charge in [0.15, 0.2) is 0 Å². The van der Waals surface area contributed by atoms with Gasteiger partial charge in [-0.25, -0.2) is 0 Å². The molecule has 0 saturated carbocycles. The number of rotatable bonds is 5. The molecule has 0 fully saturated rings. The highest BCUT2D eigenvalue weighted by Crippen LogP contribution is 2.10. The summed E-state index contributed by atoms with van der Waals surface area (Å²) in [6.07, 6.45) is 1.59. The van der Waals surface area contributed by atoms with Crippen LogP contribution in [-0.4, -0.2) is 33.2 Å². The van der Waals surface area contributed by atoms with Crippen molar-refractivity contribution in [3.05, 3.63) is 17.5 Å². The normalized spacial score (nSPS) is 11.2. The highest BCUT2D eigenvalue weighted by molar-refractivity contribution is 5.10. The summed E-state index contributed by atoms with van der Waals surface area (Å²) < 4.78 is 1.82. The fourth-order valence-corrected chi connectivity index (χ4v) is 1.42. The lowest BCUT2D eigenvalue weighted by Gasteiger charge is -2.09. The first kappa shape index (κ1) is 11.2. The first-order valence-electron chi connectivity index (χ1n) is 4.94. The van der Waals surface area contributed by atoms with E-state index in [0.29, 0.717) is 6.42 Å². The van der Waals surface area contributed by atoms with Gasteiger partial charge in [-0.15, -0.1) is 0 Å². The maximum absolute atomic E-state index is 8.95. The minimum atomic E-state index is -0.0740. The van der Waals surface area contributed by atoms with Gasteiger partial charge in [0.25, 0.3) is 0 Å². The van der Waals surface area contributed by atoms with E-state index in [-0.39, 0.29) is 19.1 Å². The quantitative estimate of drug-likeness (QED) is 0.707. The van der Waals surface area contributed by atoms with Crippen molar-refractivity contribution in [2.45, 2.75) is 19.8 Å². The van der Waals surface area contributed by atoms with Crippen molar-refractivity contribution in [1.29, 1.82) is 0 Å². The van der Waals surface area contributed by atoms with Crippen LogP contribution in [0.15, 0.2) is 6.07 Å². The summed E-state index contributed by atoms with van der Waals surface area (Å²) in [7, 11) is 1.89. The van der Waals surface area contributed by atoms with Crippen LogP contribution in [-0.2, 0) is 19.9 Å². The summed E-state index contributed by atoms with van der Waals surface area (Å²) in [4.78, 5) is 0. The molecule has 4 nitrogen and oxygen atoms in total. The fourth-order valence-electron chi connectivity index (χ4n) is 1.42. The van der Waals surface area contributed by atoms with Crippen molar-refractivity contribution in [2.75, 3.05) is 13.2 Å². The Balaban J connectivity index is 2.69. The van der Waals surface area contributed by atoms with E-state index in [1.54, 1.807) is 0 Å². The number of aliphatic hydroxyl groups excluding tert-OH is 2. The number of aromatic nitrogens is 2. The Morgan fingerprint density at radius 3 is 2.50 bits per heavy atom. The average Bonchev–Trinajstić information content (AvgIpc) is 2.56. The molecule has 0 spiro atoms. The second-order valence-electron chi connectivity index (χ2n) is 3.54. The van der Waals surface area contributed by atoms with Crippen LogP contribution in [0.2, 0.25) is 0 Å². The maximum Gasteiger partial charge on any atom is 0.0624 e. The number of hydrogen-bond donors (Lipinski definition) is 2. The monoisotopic (exact) mass is 198 g/mol. The van der Waals surface area contributed by atoms with E-state index in [1.165, 1.54) is 0 Å². The standard InChI is InChI=1S/C10H18N2O2/c1-3-9-5-10(12(2)11-9)4-8(6-13)7-14/h5,8,13-14H,3-4,6-7H2,1-2H3. The van der Waals surface area contributed by atoms with Crippen molar-refractivity contribution < 1.29 is 10.2 Å². The Morgan fingerprint density at radius 1 is 1.43 bits per heavy atom. The molecule has 0 aliphatic rings. The molecule has 0 aromatic carbocycles. The summed E-state index contributed by atoms with van der Waals surface area (Å²) in [5, 5.41) is 22.2. The van der Waals surface area contributed by atoms with Crippen molar-refractivity contribution >= 4 is 0 Å². The van der Waals surface area contributed by atoms with Gasteiger partial charge in [0, 0.05) is 31.9 Å². The van der Waals surface area contributed by atoms with Gasteiger partial charge in [-0.3, -0.25) is 4.68 Å². The molecule has 1 rings (SSSR count). The van der Waals surface area contributed by atoms with Gasteiger partial charge in [0.1, 0.15) is 0 Å². The molecule has 0 atom stereocenters. The molecule has 0 radical (unpaired) electrons. The third kappa shape index (κ3) is 2.56. The third-order valence-electron chi connectivity index (χ3n) is 2.40. The molecular weight excluding hydrogens is 180 g/mol. The van der Waals surface area contributed by atoms with Gasteiger partial charge in [-0.2, -0.15) is 5.10 Å². The van der Waals surface area contributed by atoms with Gasteiger partial charge < -0.3 is 10.2 Å².